The molecule has 5 nitrogen and oxygen atoms in total. The number of rotatable bonds is 6. The molecule has 0 aromatic rings. The van der Waals surface area contributed by atoms with Crippen molar-refractivity contribution in [1.82, 2.24) is 15.5 Å². The van der Waals surface area contributed by atoms with Gasteiger partial charge in [-0.25, -0.2) is 4.79 Å². The third kappa shape index (κ3) is 6.22. The van der Waals surface area contributed by atoms with Crippen LogP contribution in [0.15, 0.2) is 0 Å². The molecule has 1 saturated heterocycles. The molecule has 5 heteroatoms. The summed E-state index contributed by atoms with van der Waals surface area (Å²) in [7, 11) is 0. The Balaban J connectivity index is 1.49. The predicted molar refractivity (Wildman–Crippen MR) is 84.4 cm³/mol. The summed E-state index contributed by atoms with van der Waals surface area (Å²) in [6.07, 6.45) is 6.52. The first-order chi connectivity index (χ1) is 10.3. The molecule has 0 spiro atoms. The van der Waals surface area contributed by atoms with Crippen molar-refractivity contribution >= 4 is 6.03 Å². The Kier molecular flexibility index (Phi) is 7.30. The number of nitrogens with zero attached hydrogens (tertiary/aromatic N) is 1. The van der Waals surface area contributed by atoms with Crippen molar-refractivity contribution in [3.8, 4) is 0 Å². The molecule has 0 atom stereocenters. The third-order valence-corrected chi connectivity index (χ3v) is 4.91. The molecule has 1 aliphatic heterocycles. The largest absolute Gasteiger partial charge is 0.379 e. The Hall–Kier alpha value is -0.810. The summed E-state index contributed by atoms with van der Waals surface area (Å²) >= 11 is 0. The summed E-state index contributed by atoms with van der Waals surface area (Å²) in [4.78, 5) is 14.1. The standard InChI is InChI=1S/C16H31N3O2/c1-2-14-3-5-15(6-4-14)13-18-16(20)17-7-8-19-9-11-21-12-10-19/h14-15H,2-13H2,1H3,(H2,17,18,20). The summed E-state index contributed by atoms with van der Waals surface area (Å²) in [5, 5.41) is 5.99. The van der Waals surface area contributed by atoms with E-state index in [4.69, 9.17) is 4.74 Å². The molecule has 0 unspecified atom stereocenters. The van der Waals surface area contributed by atoms with Crippen molar-refractivity contribution in [3.05, 3.63) is 0 Å². The highest BCUT2D eigenvalue weighted by Crippen LogP contribution is 2.29. The molecule has 2 amide bonds. The van der Waals surface area contributed by atoms with Crippen LogP contribution in [0.2, 0.25) is 0 Å². The Morgan fingerprint density at radius 1 is 1.10 bits per heavy atom. The van der Waals surface area contributed by atoms with Crippen LogP contribution in [0, 0.1) is 11.8 Å². The zero-order chi connectivity index (χ0) is 14.9. The molecule has 0 radical (unpaired) electrons. The lowest BCUT2D eigenvalue weighted by molar-refractivity contribution is 0.0387. The van der Waals surface area contributed by atoms with Gasteiger partial charge >= 0.3 is 6.03 Å². The topological polar surface area (TPSA) is 53.6 Å². The van der Waals surface area contributed by atoms with E-state index >= 15 is 0 Å². The Labute approximate surface area is 128 Å². The van der Waals surface area contributed by atoms with Crippen LogP contribution in [-0.4, -0.2) is 56.9 Å². The van der Waals surface area contributed by atoms with E-state index in [9.17, 15) is 4.79 Å². The van der Waals surface area contributed by atoms with Crippen LogP contribution in [0.3, 0.4) is 0 Å². The summed E-state index contributed by atoms with van der Waals surface area (Å²) in [6, 6.07) is -0.0131. The second-order valence-electron chi connectivity index (χ2n) is 6.39. The lowest BCUT2D eigenvalue weighted by Gasteiger charge is -2.28. The molecule has 1 aliphatic carbocycles. The maximum atomic E-state index is 11.8. The third-order valence-electron chi connectivity index (χ3n) is 4.91. The van der Waals surface area contributed by atoms with Crippen molar-refractivity contribution in [2.45, 2.75) is 39.0 Å². The average molecular weight is 297 g/mol. The van der Waals surface area contributed by atoms with Crippen molar-refractivity contribution < 1.29 is 9.53 Å². The summed E-state index contributed by atoms with van der Waals surface area (Å²) in [5.74, 6) is 1.60. The molecule has 21 heavy (non-hydrogen) atoms. The minimum absolute atomic E-state index is 0.0131. The number of urea groups is 1. The number of morpholine rings is 1. The van der Waals surface area contributed by atoms with Crippen molar-refractivity contribution in [2.24, 2.45) is 11.8 Å². The number of carbonyl (C=O) groups excluding carboxylic acids is 1. The fourth-order valence-corrected chi connectivity index (χ4v) is 3.30. The van der Waals surface area contributed by atoms with Gasteiger partial charge in [-0.1, -0.05) is 26.2 Å². The molecule has 0 aromatic heterocycles. The van der Waals surface area contributed by atoms with Crippen molar-refractivity contribution in [1.29, 1.82) is 0 Å². The van der Waals surface area contributed by atoms with Crippen LogP contribution in [0.4, 0.5) is 4.79 Å². The van der Waals surface area contributed by atoms with E-state index in [1.807, 2.05) is 0 Å². The first-order valence-corrected chi connectivity index (χ1v) is 8.59. The SMILES string of the molecule is CCC1CCC(CNC(=O)NCCN2CCOCC2)CC1. The number of hydrogen-bond donors (Lipinski definition) is 2. The average Bonchev–Trinajstić information content (AvgIpc) is 2.54. The van der Waals surface area contributed by atoms with Gasteiger partial charge in [-0.05, 0) is 24.7 Å². The monoisotopic (exact) mass is 297 g/mol. The van der Waals surface area contributed by atoms with E-state index in [1.54, 1.807) is 0 Å². The van der Waals surface area contributed by atoms with Crippen LogP contribution < -0.4 is 10.6 Å². The molecule has 0 bridgehead atoms. The molecule has 1 heterocycles. The lowest BCUT2D eigenvalue weighted by atomic mass is 9.81. The molecule has 2 fully saturated rings. The smallest absolute Gasteiger partial charge is 0.314 e. The first-order valence-electron chi connectivity index (χ1n) is 8.59. The van der Waals surface area contributed by atoms with Gasteiger partial charge in [0.15, 0.2) is 0 Å². The zero-order valence-corrected chi connectivity index (χ0v) is 13.4. The second kappa shape index (κ2) is 9.26. The quantitative estimate of drug-likeness (QED) is 0.786. The van der Waals surface area contributed by atoms with Crippen LogP contribution in [0.5, 0.6) is 0 Å². The minimum atomic E-state index is -0.0131. The number of carbonyl (C=O) groups is 1. The molecule has 122 valence electrons. The highest BCUT2D eigenvalue weighted by atomic mass is 16.5. The number of hydrogen-bond acceptors (Lipinski definition) is 3. The van der Waals surface area contributed by atoms with Gasteiger partial charge in [0.05, 0.1) is 13.2 Å². The van der Waals surface area contributed by atoms with Gasteiger partial charge in [0, 0.05) is 32.7 Å². The van der Waals surface area contributed by atoms with Gasteiger partial charge in [-0.15, -0.1) is 0 Å². The van der Waals surface area contributed by atoms with Gasteiger partial charge in [-0.3, -0.25) is 4.90 Å². The molecular weight excluding hydrogens is 266 g/mol. The molecule has 2 rings (SSSR count). The van der Waals surface area contributed by atoms with Gasteiger partial charge in [0.1, 0.15) is 0 Å². The first kappa shape index (κ1) is 16.6. The van der Waals surface area contributed by atoms with Gasteiger partial charge in [-0.2, -0.15) is 0 Å². The normalized spacial score (nSPS) is 27.3. The van der Waals surface area contributed by atoms with Crippen LogP contribution in [0.1, 0.15) is 39.0 Å². The number of ether oxygens (including phenoxy) is 1. The Morgan fingerprint density at radius 3 is 2.43 bits per heavy atom. The fraction of sp³-hybridized carbons (Fsp3) is 0.938. The second-order valence-corrected chi connectivity index (χ2v) is 6.39. The molecular formula is C16H31N3O2. The van der Waals surface area contributed by atoms with E-state index in [-0.39, 0.29) is 6.03 Å². The van der Waals surface area contributed by atoms with E-state index in [0.717, 1.165) is 45.3 Å². The zero-order valence-electron chi connectivity index (χ0n) is 13.4. The van der Waals surface area contributed by atoms with Gasteiger partial charge in [0.25, 0.3) is 0 Å². The Bertz CT molecular complexity index is 298. The highest BCUT2D eigenvalue weighted by molar-refractivity contribution is 5.73. The number of nitrogens with one attached hydrogen (secondary N) is 2. The van der Waals surface area contributed by atoms with E-state index in [1.165, 1.54) is 32.1 Å². The number of amides is 2. The summed E-state index contributed by atoms with van der Waals surface area (Å²) < 4.78 is 5.31. The van der Waals surface area contributed by atoms with Crippen molar-refractivity contribution in [2.75, 3.05) is 45.9 Å². The fourth-order valence-electron chi connectivity index (χ4n) is 3.30. The predicted octanol–water partition coefficient (Wildman–Crippen LogP) is 1.83. The summed E-state index contributed by atoms with van der Waals surface area (Å²) in [5.41, 5.74) is 0. The maximum Gasteiger partial charge on any atom is 0.314 e. The maximum absolute atomic E-state index is 11.8. The summed E-state index contributed by atoms with van der Waals surface area (Å²) in [6.45, 7) is 8.32. The minimum Gasteiger partial charge on any atom is -0.379 e. The van der Waals surface area contributed by atoms with Crippen LogP contribution >= 0.6 is 0 Å². The molecule has 1 saturated carbocycles. The highest BCUT2D eigenvalue weighted by Gasteiger charge is 2.20. The molecule has 0 aromatic carbocycles. The van der Waals surface area contributed by atoms with Crippen LogP contribution in [0.25, 0.3) is 0 Å². The molecule has 2 aliphatic rings. The van der Waals surface area contributed by atoms with Crippen LogP contribution in [-0.2, 0) is 4.74 Å². The van der Waals surface area contributed by atoms with Crippen molar-refractivity contribution in [3.63, 3.8) is 0 Å². The lowest BCUT2D eigenvalue weighted by Crippen LogP contribution is -2.44. The van der Waals surface area contributed by atoms with E-state index < -0.39 is 0 Å². The molecule has 2 N–H and O–H groups in total. The van der Waals surface area contributed by atoms with E-state index in [2.05, 4.69) is 22.5 Å². The Morgan fingerprint density at radius 2 is 1.76 bits per heavy atom. The van der Waals surface area contributed by atoms with Gasteiger partial charge in [0.2, 0.25) is 0 Å². The van der Waals surface area contributed by atoms with Gasteiger partial charge < -0.3 is 15.4 Å². The van der Waals surface area contributed by atoms with E-state index in [0.29, 0.717) is 12.5 Å².